The molecule has 0 spiro atoms. The molecule has 0 saturated heterocycles. The van der Waals surface area contributed by atoms with E-state index in [1.54, 1.807) is 18.2 Å². The van der Waals surface area contributed by atoms with Gasteiger partial charge in [-0.25, -0.2) is 0 Å². The van der Waals surface area contributed by atoms with Gasteiger partial charge in [-0.15, -0.1) is 11.3 Å². The van der Waals surface area contributed by atoms with Crippen LogP contribution in [0.2, 0.25) is 0 Å². The summed E-state index contributed by atoms with van der Waals surface area (Å²) < 4.78 is 16.0. The zero-order chi connectivity index (χ0) is 22.1. The summed E-state index contributed by atoms with van der Waals surface area (Å²) >= 11 is 1.53. The number of aromatic nitrogens is 2. The number of nitrogens with zero attached hydrogens (tertiary/aromatic N) is 2. The van der Waals surface area contributed by atoms with Crippen molar-refractivity contribution in [2.24, 2.45) is 0 Å². The highest BCUT2D eigenvalue weighted by Crippen LogP contribution is 2.28. The highest BCUT2D eigenvalue weighted by atomic mass is 32.1. The van der Waals surface area contributed by atoms with Gasteiger partial charge in [-0.1, -0.05) is 17.3 Å². The van der Waals surface area contributed by atoms with Crippen LogP contribution in [-0.2, 0) is 22.6 Å². The molecule has 164 valence electrons. The van der Waals surface area contributed by atoms with Crippen LogP contribution >= 0.6 is 11.3 Å². The molecule has 0 fully saturated rings. The molecule has 2 aromatic heterocycles. The van der Waals surface area contributed by atoms with Gasteiger partial charge in [0.1, 0.15) is 0 Å². The Kier molecular flexibility index (Phi) is 7.99. The fourth-order valence-corrected chi connectivity index (χ4v) is 3.35. The van der Waals surface area contributed by atoms with E-state index in [1.807, 2.05) is 24.4 Å². The first kappa shape index (κ1) is 22.3. The molecule has 0 saturated carbocycles. The van der Waals surface area contributed by atoms with Gasteiger partial charge in [0.05, 0.1) is 12.0 Å². The molecule has 2 heterocycles. The minimum Gasteiger partial charge on any atom is -0.493 e. The standard InChI is InChI=1S/C21H24N4O5S/c1-3-22-19(27)13-29-15-7-6-14(11-16(15)28-2)12-23-18(26)8-9-20-24-21(25-30-20)17-5-4-10-31-17/h4-7,10-11H,3,8-9,12-13H2,1-2H3,(H,22,27)(H,23,26). The molecule has 10 heteroatoms. The minimum absolute atomic E-state index is 0.0931. The lowest BCUT2D eigenvalue weighted by atomic mass is 10.2. The molecule has 2 N–H and O–H groups in total. The summed E-state index contributed by atoms with van der Waals surface area (Å²) in [6.45, 7) is 2.62. The maximum atomic E-state index is 12.2. The van der Waals surface area contributed by atoms with Crippen LogP contribution in [0.15, 0.2) is 40.2 Å². The largest absolute Gasteiger partial charge is 0.493 e. The third-order valence-corrected chi connectivity index (χ3v) is 5.09. The summed E-state index contributed by atoms with van der Waals surface area (Å²) in [5.41, 5.74) is 0.841. The Hall–Kier alpha value is -3.40. The van der Waals surface area contributed by atoms with Crippen LogP contribution in [0.3, 0.4) is 0 Å². The Bertz CT molecular complexity index is 1000. The predicted molar refractivity (Wildman–Crippen MR) is 115 cm³/mol. The summed E-state index contributed by atoms with van der Waals surface area (Å²) in [5, 5.41) is 11.4. The van der Waals surface area contributed by atoms with Crippen LogP contribution in [0.4, 0.5) is 0 Å². The minimum atomic E-state index is -0.204. The number of rotatable bonds is 11. The van der Waals surface area contributed by atoms with Crippen LogP contribution in [0.25, 0.3) is 10.7 Å². The molecule has 0 radical (unpaired) electrons. The third-order valence-electron chi connectivity index (χ3n) is 4.23. The Balaban J connectivity index is 1.46. The number of methoxy groups -OCH3 is 1. The summed E-state index contributed by atoms with van der Waals surface area (Å²) in [6.07, 6.45) is 0.594. The molecule has 3 rings (SSSR count). The molecule has 2 amide bonds. The lowest BCUT2D eigenvalue weighted by molar-refractivity contribution is -0.123. The number of likely N-dealkylation sites (N-methyl/N-ethyl adjacent to an activating group) is 1. The van der Waals surface area contributed by atoms with Crippen LogP contribution in [0.1, 0.15) is 24.8 Å². The maximum absolute atomic E-state index is 12.2. The van der Waals surface area contributed by atoms with Crippen molar-refractivity contribution < 1.29 is 23.6 Å². The Labute approximate surface area is 183 Å². The van der Waals surface area contributed by atoms with Gasteiger partial charge < -0.3 is 24.6 Å². The molecule has 0 aliphatic carbocycles. The van der Waals surface area contributed by atoms with Crippen molar-refractivity contribution in [1.82, 2.24) is 20.8 Å². The second-order valence-corrected chi connectivity index (χ2v) is 7.44. The van der Waals surface area contributed by atoms with E-state index in [1.165, 1.54) is 18.4 Å². The lowest BCUT2D eigenvalue weighted by Gasteiger charge is -2.12. The Morgan fingerprint density at radius 3 is 2.77 bits per heavy atom. The van der Waals surface area contributed by atoms with E-state index in [0.717, 1.165) is 10.4 Å². The molecule has 9 nitrogen and oxygen atoms in total. The van der Waals surface area contributed by atoms with Gasteiger partial charge in [-0.3, -0.25) is 9.59 Å². The normalized spacial score (nSPS) is 10.5. The predicted octanol–water partition coefficient (Wildman–Crippen LogP) is 2.57. The molecule has 0 aliphatic heterocycles. The van der Waals surface area contributed by atoms with Crippen molar-refractivity contribution >= 4 is 23.2 Å². The van der Waals surface area contributed by atoms with E-state index in [9.17, 15) is 9.59 Å². The number of thiophene rings is 1. The van der Waals surface area contributed by atoms with Gasteiger partial charge in [0.15, 0.2) is 18.1 Å². The van der Waals surface area contributed by atoms with Crippen molar-refractivity contribution in [3.05, 3.63) is 47.2 Å². The smallest absolute Gasteiger partial charge is 0.257 e. The SMILES string of the molecule is CCNC(=O)COc1ccc(CNC(=O)CCc2nc(-c3cccs3)no2)cc1OC. The summed E-state index contributed by atoms with van der Waals surface area (Å²) in [6, 6.07) is 9.11. The molecule has 3 aromatic rings. The van der Waals surface area contributed by atoms with Crippen molar-refractivity contribution in [3.63, 3.8) is 0 Å². The van der Waals surface area contributed by atoms with Gasteiger partial charge in [0, 0.05) is 25.9 Å². The fraction of sp³-hybridized carbons (Fsp3) is 0.333. The van der Waals surface area contributed by atoms with E-state index in [4.69, 9.17) is 14.0 Å². The first-order valence-corrected chi connectivity index (χ1v) is 10.7. The van der Waals surface area contributed by atoms with Crippen molar-refractivity contribution in [2.45, 2.75) is 26.3 Å². The monoisotopic (exact) mass is 444 g/mol. The second kappa shape index (κ2) is 11.1. The van der Waals surface area contributed by atoms with Gasteiger partial charge in [0.2, 0.25) is 17.6 Å². The summed E-state index contributed by atoms with van der Waals surface area (Å²) in [7, 11) is 1.52. The van der Waals surface area contributed by atoms with E-state index in [0.29, 0.717) is 42.7 Å². The maximum Gasteiger partial charge on any atom is 0.257 e. The number of hydrogen-bond donors (Lipinski definition) is 2. The van der Waals surface area contributed by atoms with Crippen molar-refractivity contribution in [2.75, 3.05) is 20.3 Å². The first-order chi connectivity index (χ1) is 15.1. The van der Waals surface area contributed by atoms with Crippen LogP contribution in [0.5, 0.6) is 11.5 Å². The quantitative estimate of drug-likeness (QED) is 0.467. The molecular formula is C21H24N4O5S. The van der Waals surface area contributed by atoms with Crippen LogP contribution in [0, 0.1) is 0 Å². The summed E-state index contributed by atoms with van der Waals surface area (Å²) in [5.74, 6) is 1.57. The zero-order valence-corrected chi connectivity index (χ0v) is 18.2. The molecule has 0 unspecified atom stereocenters. The average Bonchev–Trinajstić information content (AvgIpc) is 3.47. The van der Waals surface area contributed by atoms with Gasteiger partial charge in [-0.2, -0.15) is 4.98 Å². The molecule has 31 heavy (non-hydrogen) atoms. The van der Waals surface area contributed by atoms with E-state index >= 15 is 0 Å². The second-order valence-electron chi connectivity index (χ2n) is 6.49. The molecule has 0 aliphatic rings. The Morgan fingerprint density at radius 1 is 1.16 bits per heavy atom. The number of carbonyl (C=O) groups excluding carboxylic acids is 2. The number of nitrogens with one attached hydrogen (secondary N) is 2. The van der Waals surface area contributed by atoms with Crippen LogP contribution in [-0.4, -0.2) is 42.2 Å². The topological polar surface area (TPSA) is 116 Å². The van der Waals surface area contributed by atoms with Crippen molar-refractivity contribution in [3.8, 4) is 22.2 Å². The molecule has 1 aromatic carbocycles. The molecule has 0 atom stereocenters. The van der Waals surface area contributed by atoms with Gasteiger partial charge in [0.25, 0.3) is 5.91 Å². The fourth-order valence-electron chi connectivity index (χ4n) is 2.70. The highest BCUT2D eigenvalue weighted by Gasteiger charge is 2.12. The number of amides is 2. The highest BCUT2D eigenvalue weighted by molar-refractivity contribution is 7.13. The molecular weight excluding hydrogens is 420 g/mol. The Morgan fingerprint density at radius 2 is 2.03 bits per heavy atom. The number of benzene rings is 1. The van der Waals surface area contributed by atoms with E-state index in [-0.39, 0.29) is 24.8 Å². The van der Waals surface area contributed by atoms with Gasteiger partial charge in [-0.05, 0) is 36.1 Å². The van der Waals surface area contributed by atoms with E-state index in [2.05, 4.69) is 20.8 Å². The van der Waals surface area contributed by atoms with Crippen molar-refractivity contribution in [1.29, 1.82) is 0 Å². The summed E-state index contributed by atoms with van der Waals surface area (Å²) in [4.78, 5) is 29.0. The van der Waals surface area contributed by atoms with E-state index < -0.39 is 0 Å². The first-order valence-electron chi connectivity index (χ1n) is 9.78. The lowest BCUT2D eigenvalue weighted by Crippen LogP contribution is -2.28. The number of aryl methyl sites for hydroxylation is 1. The molecule has 0 bridgehead atoms. The number of carbonyl (C=O) groups is 2. The average molecular weight is 445 g/mol. The van der Waals surface area contributed by atoms with Crippen LogP contribution < -0.4 is 20.1 Å². The third kappa shape index (κ3) is 6.54. The number of hydrogen-bond acceptors (Lipinski definition) is 8. The zero-order valence-electron chi connectivity index (χ0n) is 17.3. The van der Waals surface area contributed by atoms with Gasteiger partial charge >= 0.3 is 0 Å². The number of ether oxygens (including phenoxy) is 2.